The molecule has 0 bridgehead atoms. The Labute approximate surface area is 104 Å². The average molecular weight is 322 g/mol. The SMILES string of the molecule is NC(CI)c1ncccc1CCCS. The molecule has 2 N–H and O–H groups in total. The zero-order chi connectivity index (χ0) is 10.4. The Morgan fingerprint density at radius 3 is 3.00 bits per heavy atom. The first kappa shape index (κ1) is 12.3. The van der Waals surface area contributed by atoms with Gasteiger partial charge in [0.2, 0.25) is 0 Å². The van der Waals surface area contributed by atoms with Gasteiger partial charge in [-0.25, -0.2) is 0 Å². The summed E-state index contributed by atoms with van der Waals surface area (Å²) in [6, 6.07) is 4.14. The number of hydrogen-bond acceptors (Lipinski definition) is 3. The molecule has 1 aromatic heterocycles. The number of alkyl halides is 1. The maximum absolute atomic E-state index is 5.98. The van der Waals surface area contributed by atoms with Gasteiger partial charge in [-0.05, 0) is 30.2 Å². The molecule has 2 nitrogen and oxygen atoms in total. The van der Waals surface area contributed by atoms with Crippen LogP contribution in [0.5, 0.6) is 0 Å². The quantitative estimate of drug-likeness (QED) is 0.496. The van der Waals surface area contributed by atoms with Gasteiger partial charge in [0, 0.05) is 10.6 Å². The molecule has 0 aliphatic heterocycles. The Hall–Kier alpha value is 0.190. The van der Waals surface area contributed by atoms with Crippen LogP contribution in [0.1, 0.15) is 23.7 Å². The highest BCUT2D eigenvalue weighted by Crippen LogP contribution is 2.16. The number of halogens is 1. The van der Waals surface area contributed by atoms with Crippen LogP contribution < -0.4 is 5.73 Å². The third-order valence-corrected chi connectivity index (χ3v) is 3.31. The van der Waals surface area contributed by atoms with Gasteiger partial charge in [0.1, 0.15) is 0 Å². The van der Waals surface area contributed by atoms with E-state index in [1.54, 1.807) is 0 Å². The first-order valence-corrected chi connectivity index (χ1v) is 6.81. The predicted octanol–water partition coefficient (Wildman–Crippen LogP) is 2.38. The highest BCUT2D eigenvalue weighted by Gasteiger charge is 2.10. The highest BCUT2D eigenvalue weighted by molar-refractivity contribution is 14.1. The average Bonchev–Trinajstić information content (AvgIpc) is 2.25. The lowest BCUT2D eigenvalue weighted by Crippen LogP contribution is -2.15. The molecule has 78 valence electrons. The van der Waals surface area contributed by atoms with Crippen LogP contribution in [0, 0.1) is 0 Å². The topological polar surface area (TPSA) is 38.9 Å². The minimum absolute atomic E-state index is 0.0618. The minimum atomic E-state index is 0.0618. The molecule has 1 rings (SSSR count). The van der Waals surface area contributed by atoms with Crippen molar-refractivity contribution >= 4 is 35.2 Å². The molecule has 4 heteroatoms. The number of rotatable bonds is 5. The second-order valence-electron chi connectivity index (χ2n) is 3.14. The van der Waals surface area contributed by atoms with Crippen LogP contribution >= 0.6 is 35.2 Å². The zero-order valence-electron chi connectivity index (χ0n) is 7.99. The van der Waals surface area contributed by atoms with E-state index in [2.05, 4.69) is 46.3 Å². The van der Waals surface area contributed by atoms with Gasteiger partial charge in [0.25, 0.3) is 0 Å². The van der Waals surface area contributed by atoms with E-state index >= 15 is 0 Å². The van der Waals surface area contributed by atoms with E-state index in [-0.39, 0.29) is 6.04 Å². The maximum Gasteiger partial charge on any atom is 0.0610 e. The number of hydrogen-bond donors (Lipinski definition) is 2. The number of pyridine rings is 1. The molecule has 1 unspecified atom stereocenters. The molecule has 0 aromatic carbocycles. The van der Waals surface area contributed by atoms with Gasteiger partial charge in [-0.15, -0.1) is 0 Å². The fourth-order valence-corrected chi connectivity index (χ4v) is 1.91. The predicted molar refractivity (Wildman–Crippen MR) is 72.2 cm³/mol. The van der Waals surface area contributed by atoms with Gasteiger partial charge >= 0.3 is 0 Å². The number of aromatic nitrogens is 1. The van der Waals surface area contributed by atoms with E-state index in [1.807, 2.05) is 12.3 Å². The molecule has 0 saturated heterocycles. The molecule has 0 amide bonds. The lowest BCUT2D eigenvalue weighted by atomic mass is 10.0. The van der Waals surface area contributed by atoms with Crippen LogP contribution in [0.2, 0.25) is 0 Å². The first-order valence-electron chi connectivity index (χ1n) is 4.65. The molecule has 0 saturated carbocycles. The van der Waals surface area contributed by atoms with E-state index < -0.39 is 0 Å². The van der Waals surface area contributed by atoms with Crippen molar-refractivity contribution in [2.75, 3.05) is 10.2 Å². The van der Waals surface area contributed by atoms with Crippen molar-refractivity contribution in [3.63, 3.8) is 0 Å². The van der Waals surface area contributed by atoms with Crippen molar-refractivity contribution in [1.82, 2.24) is 4.98 Å². The van der Waals surface area contributed by atoms with Gasteiger partial charge in [-0.1, -0.05) is 28.7 Å². The lowest BCUT2D eigenvalue weighted by Gasteiger charge is -2.12. The summed E-state index contributed by atoms with van der Waals surface area (Å²) >= 11 is 6.50. The van der Waals surface area contributed by atoms with E-state index in [4.69, 9.17) is 5.73 Å². The molecular formula is C10H15IN2S. The Kier molecular flexibility index (Phi) is 5.81. The van der Waals surface area contributed by atoms with Crippen molar-refractivity contribution in [3.8, 4) is 0 Å². The Balaban J connectivity index is 2.79. The van der Waals surface area contributed by atoms with Gasteiger partial charge in [0.15, 0.2) is 0 Å². The lowest BCUT2D eigenvalue weighted by molar-refractivity contribution is 0.771. The second-order valence-corrected chi connectivity index (χ2v) is 4.46. The van der Waals surface area contributed by atoms with E-state index in [1.165, 1.54) is 5.56 Å². The van der Waals surface area contributed by atoms with Gasteiger partial charge < -0.3 is 5.73 Å². The minimum Gasteiger partial charge on any atom is -0.322 e. The largest absolute Gasteiger partial charge is 0.322 e. The highest BCUT2D eigenvalue weighted by atomic mass is 127. The van der Waals surface area contributed by atoms with Crippen molar-refractivity contribution < 1.29 is 0 Å². The summed E-state index contributed by atoms with van der Waals surface area (Å²) in [5.74, 6) is 0.911. The summed E-state index contributed by atoms with van der Waals surface area (Å²) in [7, 11) is 0. The van der Waals surface area contributed by atoms with Crippen molar-refractivity contribution in [1.29, 1.82) is 0 Å². The summed E-state index contributed by atoms with van der Waals surface area (Å²) in [6.07, 6.45) is 3.92. The third kappa shape index (κ3) is 3.40. The van der Waals surface area contributed by atoms with Crippen LogP contribution in [0.3, 0.4) is 0 Å². The molecule has 0 aliphatic carbocycles. The Morgan fingerprint density at radius 2 is 2.36 bits per heavy atom. The Bertz CT molecular complexity index is 281. The summed E-state index contributed by atoms with van der Waals surface area (Å²) in [4.78, 5) is 4.35. The molecule has 1 atom stereocenters. The van der Waals surface area contributed by atoms with Crippen LogP contribution in [0.15, 0.2) is 18.3 Å². The van der Waals surface area contributed by atoms with E-state index in [9.17, 15) is 0 Å². The first-order chi connectivity index (χ1) is 6.79. The zero-order valence-corrected chi connectivity index (χ0v) is 11.0. The smallest absolute Gasteiger partial charge is 0.0610 e. The summed E-state index contributed by atoms with van der Waals surface area (Å²) < 4.78 is 0.905. The second kappa shape index (κ2) is 6.63. The van der Waals surface area contributed by atoms with Crippen LogP contribution in [0.25, 0.3) is 0 Å². The molecule has 0 aliphatic rings. The fourth-order valence-electron chi connectivity index (χ4n) is 1.34. The van der Waals surface area contributed by atoms with E-state index in [0.717, 1.165) is 28.7 Å². The van der Waals surface area contributed by atoms with Crippen LogP contribution in [0.4, 0.5) is 0 Å². The Morgan fingerprint density at radius 1 is 1.57 bits per heavy atom. The van der Waals surface area contributed by atoms with E-state index in [0.29, 0.717) is 0 Å². The third-order valence-electron chi connectivity index (χ3n) is 2.05. The summed E-state index contributed by atoms with van der Waals surface area (Å²) in [5.41, 5.74) is 8.29. The van der Waals surface area contributed by atoms with Crippen LogP contribution in [-0.2, 0) is 6.42 Å². The standard InChI is InChI=1S/C10H15IN2S/c11-7-9(12)10-8(4-2-6-14)3-1-5-13-10/h1,3,5,9,14H,2,4,6-7,12H2. The van der Waals surface area contributed by atoms with Gasteiger partial charge in [-0.2, -0.15) is 12.6 Å². The molecule has 1 aromatic rings. The number of aryl methyl sites for hydroxylation is 1. The van der Waals surface area contributed by atoms with Gasteiger partial charge in [0.05, 0.1) is 11.7 Å². The molecule has 0 spiro atoms. The number of nitrogens with zero attached hydrogens (tertiary/aromatic N) is 1. The fraction of sp³-hybridized carbons (Fsp3) is 0.500. The maximum atomic E-state index is 5.98. The molecule has 1 heterocycles. The molecule has 0 radical (unpaired) electrons. The number of thiol groups is 1. The normalized spacial score (nSPS) is 12.8. The summed E-state index contributed by atoms with van der Waals surface area (Å²) in [6.45, 7) is 0. The van der Waals surface area contributed by atoms with Crippen molar-refractivity contribution in [2.45, 2.75) is 18.9 Å². The monoisotopic (exact) mass is 322 g/mol. The molecule has 0 fully saturated rings. The number of nitrogens with two attached hydrogens (primary N) is 1. The van der Waals surface area contributed by atoms with Crippen LogP contribution in [-0.4, -0.2) is 15.2 Å². The molecular weight excluding hydrogens is 307 g/mol. The van der Waals surface area contributed by atoms with Crippen molar-refractivity contribution in [2.24, 2.45) is 5.73 Å². The summed E-state index contributed by atoms with van der Waals surface area (Å²) in [5, 5.41) is 0. The molecule has 14 heavy (non-hydrogen) atoms. The van der Waals surface area contributed by atoms with Gasteiger partial charge in [-0.3, -0.25) is 4.98 Å². The van der Waals surface area contributed by atoms with Crippen molar-refractivity contribution in [3.05, 3.63) is 29.6 Å².